The number of nitrogens with zero attached hydrogens (tertiary/aromatic N) is 1. The second-order valence-corrected chi connectivity index (χ2v) is 8.08. The first-order valence-corrected chi connectivity index (χ1v) is 10.3. The summed E-state index contributed by atoms with van der Waals surface area (Å²) in [5.41, 5.74) is 0.470. The molecule has 0 radical (unpaired) electrons. The van der Waals surface area contributed by atoms with E-state index in [0.717, 1.165) is 19.4 Å². The molecule has 1 aromatic rings. The smallest absolute Gasteiger partial charge is 0.391 e. The van der Waals surface area contributed by atoms with Gasteiger partial charge in [-0.05, 0) is 58.2 Å². The second-order valence-electron chi connectivity index (χ2n) is 8.08. The van der Waals surface area contributed by atoms with Crippen molar-refractivity contribution in [3.8, 4) is 11.5 Å². The quantitative estimate of drug-likeness (QED) is 0.690. The number of rotatable bonds is 6. The zero-order chi connectivity index (χ0) is 21.9. The van der Waals surface area contributed by atoms with Crippen LogP contribution in [0.15, 0.2) is 12.1 Å². The van der Waals surface area contributed by atoms with Crippen molar-refractivity contribution in [2.75, 3.05) is 20.7 Å². The predicted octanol–water partition coefficient (Wildman–Crippen LogP) is 4.04. The maximum absolute atomic E-state index is 14.6. The minimum Gasteiger partial charge on any atom is -0.496 e. The van der Waals surface area contributed by atoms with Gasteiger partial charge in [-0.15, -0.1) is 0 Å². The molecule has 1 atom stereocenters. The molecule has 2 aliphatic rings. The Bertz CT molecular complexity index is 749. The van der Waals surface area contributed by atoms with Crippen molar-refractivity contribution in [1.29, 1.82) is 0 Å². The summed E-state index contributed by atoms with van der Waals surface area (Å²) in [6.45, 7) is 0.979. The van der Waals surface area contributed by atoms with Crippen LogP contribution in [0.4, 0.5) is 17.6 Å². The van der Waals surface area contributed by atoms with Crippen molar-refractivity contribution >= 4 is 5.91 Å². The van der Waals surface area contributed by atoms with E-state index in [1.807, 2.05) is 11.9 Å². The third-order valence-electron chi connectivity index (χ3n) is 6.04. The average molecular weight is 432 g/mol. The SMILES string of the molecule is COc1cc(OC2CCC(C(F)(F)F)CC2)c(F)cc1CNC(=O)C1CCCN1C. The number of hydrogen-bond donors (Lipinski definition) is 1. The topological polar surface area (TPSA) is 50.8 Å². The number of alkyl halides is 3. The lowest BCUT2D eigenvalue weighted by Gasteiger charge is -2.30. The van der Waals surface area contributed by atoms with E-state index < -0.39 is 24.0 Å². The monoisotopic (exact) mass is 432 g/mol. The van der Waals surface area contributed by atoms with E-state index in [-0.39, 0.29) is 49.9 Å². The Morgan fingerprint density at radius 3 is 2.43 bits per heavy atom. The fraction of sp³-hybridized carbons (Fsp3) is 0.667. The van der Waals surface area contributed by atoms with Crippen LogP contribution in [0.5, 0.6) is 11.5 Å². The molecule has 168 valence electrons. The van der Waals surface area contributed by atoms with Crippen molar-refractivity contribution in [3.63, 3.8) is 0 Å². The Kier molecular flexibility index (Phi) is 7.10. The fourth-order valence-corrected chi connectivity index (χ4v) is 4.22. The van der Waals surface area contributed by atoms with Gasteiger partial charge in [-0.2, -0.15) is 13.2 Å². The summed E-state index contributed by atoms with van der Waals surface area (Å²) in [6, 6.07) is 2.46. The number of halogens is 4. The maximum Gasteiger partial charge on any atom is 0.391 e. The van der Waals surface area contributed by atoms with E-state index in [2.05, 4.69) is 5.32 Å². The van der Waals surface area contributed by atoms with Crippen LogP contribution in [0, 0.1) is 11.7 Å². The Balaban J connectivity index is 1.61. The van der Waals surface area contributed by atoms with E-state index in [0.29, 0.717) is 11.3 Å². The first-order chi connectivity index (χ1) is 14.2. The summed E-state index contributed by atoms with van der Waals surface area (Å²) < 4.78 is 64.0. The van der Waals surface area contributed by atoms with E-state index in [4.69, 9.17) is 9.47 Å². The van der Waals surface area contributed by atoms with Crippen LogP contribution >= 0.6 is 0 Å². The number of amides is 1. The number of likely N-dealkylation sites (N-methyl/N-ethyl adjacent to an activating group) is 1. The molecule has 30 heavy (non-hydrogen) atoms. The summed E-state index contributed by atoms with van der Waals surface area (Å²) >= 11 is 0. The number of ether oxygens (including phenoxy) is 2. The van der Waals surface area contributed by atoms with Crippen molar-refractivity contribution in [2.45, 2.75) is 63.4 Å². The highest BCUT2D eigenvalue weighted by Crippen LogP contribution is 2.39. The van der Waals surface area contributed by atoms with Crippen molar-refractivity contribution in [3.05, 3.63) is 23.5 Å². The lowest BCUT2D eigenvalue weighted by molar-refractivity contribution is -0.185. The predicted molar refractivity (Wildman–Crippen MR) is 103 cm³/mol. The van der Waals surface area contributed by atoms with E-state index in [9.17, 15) is 22.4 Å². The van der Waals surface area contributed by atoms with Crippen LogP contribution < -0.4 is 14.8 Å². The van der Waals surface area contributed by atoms with Gasteiger partial charge in [-0.1, -0.05) is 0 Å². The van der Waals surface area contributed by atoms with Crippen LogP contribution in [0.3, 0.4) is 0 Å². The number of hydrogen-bond acceptors (Lipinski definition) is 4. The molecule has 9 heteroatoms. The summed E-state index contributed by atoms with van der Waals surface area (Å²) in [4.78, 5) is 14.3. The van der Waals surface area contributed by atoms with Gasteiger partial charge < -0.3 is 14.8 Å². The van der Waals surface area contributed by atoms with E-state index in [1.165, 1.54) is 19.2 Å². The summed E-state index contributed by atoms with van der Waals surface area (Å²) in [7, 11) is 3.33. The molecule has 3 rings (SSSR count). The molecule has 1 amide bonds. The summed E-state index contributed by atoms with van der Waals surface area (Å²) in [5.74, 6) is -1.75. The highest BCUT2D eigenvalue weighted by molar-refractivity contribution is 5.82. The van der Waals surface area contributed by atoms with Gasteiger partial charge in [0, 0.05) is 18.2 Å². The molecule has 0 spiro atoms. The highest BCUT2D eigenvalue weighted by Gasteiger charge is 2.42. The lowest BCUT2D eigenvalue weighted by atomic mass is 9.87. The molecule has 1 unspecified atom stereocenters. The van der Waals surface area contributed by atoms with Crippen molar-refractivity contribution in [1.82, 2.24) is 10.2 Å². The van der Waals surface area contributed by atoms with Gasteiger partial charge in [0.05, 0.1) is 25.2 Å². The summed E-state index contributed by atoms with van der Waals surface area (Å²) in [6.07, 6.45) is -2.51. The maximum atomic E-state index is 14.6. The molecule has 1 aliphatic carbocycles. The molecule has 1 saturated carbocycles. The number of carbonyl (C=O) groups excluding carboxylic acids is 1. The number of carbonyl (C=O) groups is 1. The van der Waals surface area contributed by atoms with Gasteiger partial charge in [0.15, 0.2) is 11.6 Å². The molecule has 1 N–H and O–H groups in total. The molecule has 1 heterocycles. The minimum atomic E-state index is -4.20. The van der Waals surface area contributed by atoms with Gasteiger partial charge in [-0.25, -0.2) is 4.39 Å². The Morgan fingerprint density at radius 1 is 1.17 bits per heavy atom. The average Bonchev–Trinajstić information content (AvgIpc) is 3.13. The zero-order valence-electron chi connectivity index (χ0n) is 17.2. The fourth-order valence-electron chi connectivity index (χ4n) is 4.22. The molecular weight excluding hydrogens is 404 g/mol. The van der Waals surface area contributed by atoms with Gasteiger partial charge in [-0.3, -0.25) is 9.69 Å². The molecule has 0 bridgehead atoms. The Hall–Kier alpha value is -2.03. The second kappa shape index (κ2) is 9.41. The van der Waals surface area contributed by atoms with Crippen LogP contribution in [0.25, 0.3) is 0 Å². The molecule has 5 nitrogen and oxygen atoms in total. The molecule has 1 aliphatic heterocycles. The van der Waals surface area contributed by atoms with Gasteiger partial charge in [0.1, 0.15) is 5.75 Å². The number of methoxy groups -OCH3 is 1. The van der Waals surface area contributed by atoms with Gasteiger partial charge in [0.2, 0.25) is 5.91 Å². The van der Waals surface area contributed by atoms with E-state index in [1.54, 1.807) is 0 Å². The molecule has 1 saturated heterocycles. The third kappa shape index (κ3) is 5.36. The number of benzene rings is 1. The molecular formula is C21H28F4N2O3. The molecule has 1 aromatic carbocycles. The van der Waals surface area contributed by atoms with Crippen molar-refractivity contribution in [2.24, 2.45) is 5.92 Å². The number of likely N-dealkylation sites (tertiary alicyclic amines) is 1. The van der Waals surface area contributed by atoms with Gasteiger partial charge >= 0.3 is 6.18 Å². The third-order valence-corrected chi connectivity index (χ3v) is 6.04. The van der Waals surface area contributed by atoms with Crippen LogP contribution in [0.1, 0.15) is 44.1 Å². The Labute approximate surface area is 173 Å². The van der Waals surface area contributed by atoms with Crippen LogP contribution in [-0.4, -0.2) is 49.8 Å². The zero-order valence-corrected chi connectivity index (χ0v) is 17.2. The Morgan fingerprint density at radius 2 is 1.87 bits per heavy atom. The van der Waals surface area contributed by atoms with Crippen LogP contribution in [0.2, 0.25) is 0 Å². The standard InChI is InChI=1S/C21H28F4N2O3/c1-27-9-3-4-17(27)20(28)26-12-13-10-16(22)19(11-18(13)29-2)30-15-7-5-14(6-8-15)21(23,24)25/h10-11,14-15,17H,3-9,12H2,1-2H3,(H,26,28). The van der Waals surface area contributed by atoms with Crippen molar-refractivity contribution < 1.29 is 31.8 Å². The minimum absolute atomic E-state index is 0.0212. The molecule has 2 fully saturated rings. The largest absolute Gasteiger partial charge is 0.496 e. The first-order valence-electron chi connectivity index (χ1n) is 10.3. The van der Waals surface area contributed by atoms with Crippen LogP contribution in [-0.2, 0) is 11.3 Å². The normalized spacial score (nSPS) is 25.2. The highest BCUT2D eigenvalue weighted by atomic mass is 19.4. The first kappa shape index (κ1) is 22.7. The lowest BCUT2D eigenvalue weighted by Crippen LogP contribution is -2.41. The van der Waals surface area contributed by atoms with E-state index >= 15 is 0 Å². The number of nitrogens with one attached hydrogen (secondary N) is 1. The van der Waals surface area contributed by atoms with Gasteiger partial charge in [0.25, 0.3) is 0 Å². The molecule has 0 aromatic heterocycles. The summed E-state index contributed by atoms with van der Waals surface area (Å²) in [5, 5.41) is 2.82.